The Hall–Kier alpha value is -0.794. The molecule has 113 valence electrons. The standard InChI is InChI=1S/2C9H13.Co/c2*1-9(2,3)8-6-4-5-7-8;/h2*4-7H,1-3H3;/q-5;-1;. The van der Waals surface area contributed by atoms with Crippen molar-refractivity contribution >= 4 is 0 Å². The van der Waals surface area contributed by atoms with Gasteiger partial charge in [0.25, 0.3) is 0 Å². The molecule has 0 aromatic heterocycles. The van der Waals surface area contributed by atoms with Gasteiger partial charge in [0.15, 0.2) is 0 Å². The Balaban J connectivity index is 0.000000324. The normalized spacial score (nSPS) is 11.3. The fourth-order valence-corrected chi connectivity index (χ4v) is 1.75. The van der Waals surface area contributed by atoms with Crippen LogP contribution in [0.1, 0.15) is 52.7 Å². The number of hydrogen-bond acceptors (Lipinski definition) is 0. The third-order valence-corrected chi connectivity index (χ3v) is 3.06. The minimum Gasteiger partial charge on any atom is -0.748 e. The molecule has 0 aliphatic rings. The van der Waals surface area contributed by atoms with Gasteiger partial charge in [0.1, 0.15) is 0 Å². The zero-order valence-corrected chi connectivity index (χ0v) is 14.0. The second-order valence-corrected chi connectivity index (χ2v) is 6.85. The summed E-state index contributed by atoms with van der Waals surface area (Å²) in [7, 11) is 0. The molecule has 0 aliphatic carbocycles. The quantitative estimate of drug-likeness (QED) is 0.571. The van der Waals surface area contributed by atoms with Gasteiger partial charge in [0, 0.05) is 16.8 Å². The summed E-state index contributed by atoms with van der Waals surface area (Å²) in [6.07, 6.45) is 0. The molecule has 0 N–H and O–H groups in total. The average Bonchev–Trinajstić information content (AvgIpc) is 2.91. The van der Waals surface area contributed by atoms with Crippen molar-refractivity contribution in [1.29, 1.82) is 0 Å². The molecule has 0 nitrogen and oxygen atoms in total. The predicted octanol–water partition coefficient (Wildman–Crippen LogP) is 5.40. The molecule has 0 fully saturated rings. The molecule has 0 amide bonds. The molecule has 0 heterocycles. The molecule has 0 saturated carbocycles. The Morgan fingerprint density at radius 2 is 1.16 bits per heavy atom. The SMILES string of the molecule is CC(C)(C)[c-]1[cH-][cH-][cH-][cH-]1.CC(C)(C)[c-]1cccc1.[Co]. The van der Waals surface area contributed by atoms with Crippen LogP contribution in [0, 0.1) is 0 Å². The fraction of sp³-hybridized carbons (Fsp3) is 0.444. The molecule has 0 bridgehead atoms. The van der Waals surface area contributed by atoms with Crippen LogP contribution in [0.15, 0.2) is 48.5 Å². The zero-order chi connectivity index (χ0) is 13.8. The van der Waals surface area contributed by atoms with Crippen LogP contribution in [0.4, 0.5) is 0 Å². The molecule has 0 aliphatic heterocycles. The largest absolute Gasteiger partial charge is 0.748 e. The minimum absolute atomic E-state index is 0. The third-order valence-electron chi connectivity index (χ3n) is 3.06. The molecular weight excluding hydrogens is 275 g/mol. The van der Waals surface area contributed by atoms with E-state index in [9.17, 15) is 0 Å². The van der Waals surface area contributed by atoms with E-state index in [1.165, 1.54) is 11.1 Å². The van der Waals surface area contributed by atoms with E-state index >= 15 is 0 Å². The maximum absolute atomic E-state index is 2.22. The van der Waals surface area contributed by atoms with Gasteiger partial charge in [-0.15, -0.1) is 0 Å². The van der Waals surface area contributed by atoms with Gasteiger partial charge < -0.3 is 29.8 Å². The number of rotatable bonds is 0. The van der Waals surface area contributed by atoms with Crippen molar-refractivity contribution < 1.29 is 16.8 Å². The molecule has 2 rings (SSSR count). The van der Waals surface area contributed by atoms with E-state index in [0.29, 0.717) is 10.8 Å². The molecule has 2 aromatic rings. The molecule has 2 aromatic carbocycles. The van der Waals surface area contributed by atoms with Gasteiger partial charge in [0.05, 0.1) is 0 Å². The van der Waals surface area contributed by atoms with E-state index in [-0.39, 0.29) is 16.8 Å². The van der Waals surface area contributed by atoms with Crippen LogP contribution in [-0.2, 0) is 27.6 Å². The van der Waals surface area contributed by atoms with Crippen molar-refractivity contribution in [3.8, 4) is 0 Å². The van der Waals surface area contributed by atoms with Crippen molar-refractivity contribution in [3.63, 3.8) is 0 Å². The van der Waals surface area contributed by atoms with Gasteiger partial charge in [0.2, 0.25) is 0 Å². The Bertz CT molecular complexity index is 375. The van der Waals surface area contributed by atoms with Crippen LogP contribution in [-0.4, -0.2) is 0 Å². The molecule has 0 spiro atoms. The summed E-state index contributed by atoms with van der Waals surface area (Å²) in [5, 5.41) is 0. The van der Waals surface area contributed by atoms with Crippen LogP contribution < -0.4 is 0 Å². The van der Waals surface area contributed by atoms with Crippen LogP contribution in [0.5, 0.6) is 0 Å². The summed E-state index contributed by atoms with van der Waals surface area (Å²) in [6, 6.07) is 17.0. The van der Waals surface area contributed by atoms with E-state index in [2.05, 4.69) is 90.1 Å². The van der Waals surface area contributed by atoms with Crippen molar-refractivity contribution in [1.82, 2.24) is 0 Å². The fourth-order valence-electron chi connectivity index (χ4n) is 1.75. The van der Waals surface area contributed by atoms with Crippen LogP contribution >= 0.6 is 0 Å². The first-order chi connectivity index (χ1) is 8.21. The summed E-state index contributed by atoms with van der Waals surface area (Å²) >= 11 is 0. The first kappa shape index (κ1) is 18.2. The van der Waals surface area contributed by atoms with Gasteiger partial charge in [-0.2, -0.15) is 17.7 Å². The third kappa shape index (κ3) is 6.26. The molecule has 1 heteroatoms. The predicted molar refractivity (Wildman–Crippen MR) is 81.5 cm³/mol. The van der Waals surface area contributed by atoms with Crippen molar-refractivity contribution in [2.24, 2.45) is 0 Å². The monoisotopic (exact) mass is 301 g/mol. The van der Waals surface area contributed by atoms with Crippen molar-refractivity contribution in [2.45, 2.75) is 52.4 Å². The van der Waals surface area contributed by atoms with Crippen LogP contribution in [0.2, 0.25) is 0 Å². The second kappa shape index (κ2) is 7.11. The maximum Gasteiger partial charge on any atom is 0 e. The Morgan fingerprint density at radius 3 is 1.37 bits per heavy atom. The van der Waals surface area contributed by atoms with Gasteiger partial charge in [-0.25, -0.2) is 17.5 Å². The molecule has 1 radical (unpaired) electrons. The molecular formula is C18H26Co-6. The topological polar surface area (TPSA) is 0 Å². The van der Waals surface area contributed by atoms with E-state index in [4.69, 9.17) is 0 Å². The summed E-state index contributed by atoms with van der Waals surface area (Å²) < 4.78 is 0. The van der Waals surface area contributed by atoms with E-state index in [1.54, 1.807) is 0 Å². The van der Waals surface area contributed by atoms with Crippen LogP contribution in [0.3, 0.4) is 0 Å². The molecule has 0 atom stereocenters. The minimum atomic E-state index is 0. The summed E-state index contributed by atoms with van der Waals surface area (Å²) in [5.41, 5.74) is 3.48. The van der Waals surface area contributed by atoms with Crippen LogP contribution in [0.25, 0.3) is 0 Å². The molecule has 0 unspecified atom stereocenters. The summed E-state index contributed by atoms with van der Waals surface area (Å²) in [4.78, 5) is 0. The van der Waals surface area contributed by atoms with Gasteiger partial charge in [-0.05, 0) is 0 Å². The maximum atomic E-state index is 2.22. The van der Waals surface area contributed by atoms with Gasteiger partial charge in [-0.1, -0.05) is 47.0 Å². The second-order valence-electron chi connectivity index (χ2n) is 6.85. The number of hydrogen-bond donors (Lipinski definition) is 0. The summed E-state index contributed by atoms with van der Waals surface area (Å²) in [5.74, 6) is 0. The zero-order valence-electron chi connectivity index (χ0n) is 13.0. The first-order valence-corrected chi connectivity index (χ1v) is 6.65. The Kier molecular flexibility index (Phi) is 6.82. The molecule has 19 heavy (non-hydrogen) atoms. The average molecular weight is 301 g/mol. The van der Waals surface area contributed by atoms with E-state index in [0.717, 1.165) is 0 Å². The summed E-state index contributed by atoms with van der Waals surface area (Å²) in [6.45, 7) is 13.3. The Morgan fingerprint density at radius 1 is 0.737 bits per heavy atom. The van der Waals surface area contributed by atoms with Crippen molar-refractivity contribution in [2.75, 3.05) is 0 Å². The van der Waals surface area contributed by atoms with Gasteiger partial charge in [-0.3, -0.25) is 0 Å². The first-order valence-electron chi connectivity index (χ1n) is 6.65. The van der Waals surface area contributed by atoms with Crippen molar-refractivity contribution in [3.05, 3.63) is 59.7 Å². The van der Waals surface area contributed by atoms with E-state index < -0.39 is 0 Å². The smallest absolute Gasteiger partial charge is 0 e. The van der Waals surface area contributed by atoms with E-state index in [1.807, 2.05) is 0 Å². The molecule has 0 saturated heterocycles. The van der Waals surface area contributed by atoms with Gasteiger partial charge >= 0.3 is 0 Å². The Labute approximate surface area is 129 Å².